The Balaban J connectivity index is 1.69. The minimum absolute atomic E-state index is 0.514. The first kappa shape index (κ1) is 16.9. The van der Waals surface area contributed by atoms with Gasteiger partial charge in [-0.05, 0) is 25.0 Å². The van der Waals surface area contributed by atoms with Gasteiger partial charge < -0.3 is 0 Å². The highest BCUT2D eigenvalue weighted by Gasteiger charge is 2.32. The van der Waals surface area contributed by atoms with Crippen molar-refractivity contribution in [1.29, 1.82) is 0 Å². The molecule has 0 radical (unpaired) electrons. The van der Waals surface area contributed by atoms with Crippen LogP contribution in [0.3, 0.4) is 0 Å². The Bertz CT molecular complexity index is 550. The topological polar surface area (TPSA) is 58.0 Å². The first-order valence-electron chi connectivity index (χ1n) is 8.80. The smallest absolute Gasteiger partial charge is 0.142 e. The highest BCUT2D eigenvalue weighted by atomic mass is 15.3. The summed E-state index contributed by atoms with van der Waals surface area (Å²) in [5.74, 6) is 1.82. The van der Waals surface area contributed by atoms with E-state index in [0.717, 1.165) is 50.7 Å². The van der Waals surface area contributed by atoms with E-state index in [1.165, 1.54) is 0 Å². The van der Waals surface area contributed by atoms with E-state index in [1.807, 2.05) is 36.9 Å². The Morgan fingerprint density at radius 2 is 1.12 bits per heavy atom. The molecule has 0 bridgehead atoms. The molecule has 3 rings (SSSR count). The zero-order valence-corrected chi connectivity index (χ0v) is 14.5. The number of hydrogen-bond acceptors (Lipinski definition) is 6. The first-order valence-corrected chi connectivity index (χ1v) is 8.80. The third-order valence-corrected chi connectivity index (χ3v) is 4.79. The van der Waals surface area contributed by atoms with Gasteiger partial charge in [-0.3, -0.25) is 9.80 Å². The van der Waals surface area contributed by atoms with Crippen molar-refractivity contribution < 1.29 is 0 Å². The van der Waals surface area contributed by atoms with Gasteiger partial charge >= 0.3 is 0 Å². The van der Waals surface area contributed by atoms with Crippen LogP contribution in [0.25, 0.3) is 0 Å². The van der Waals surface area contributed by atoms with Gasteiger partial charge in [-0.2, -0.15) is 0 Å². The molecular weight excluding hydrogens is 300 g/mol. The molecule has 0 aliphatic carbocycles. The Kier molecular flexibility index (Phi) is 5.82. The third kappa shape index (κ3) is 4.13. The van der Waals surface area contributed by atoms with Gasteiger partial charge in [-0.25, -0.2) is 19.9 Å². The number of hydrogen-bond donors (Lipinski definition) is 0. The van der Waals surface area contributed by atoms with Crippen LogP contribution in [0.4, 0.5) is 0 Å². The van der Waals surface area contributed by atoms with Crippen LogP contribution in [0.5, 0.6) is 0 Å². The molecule has 2 atom stereocenters. The molecule has 0 saturated carbocycles. The van der Waals surface area contributed by atoms with E-state index in [1.54, 1.807) is 0 Å². The quantitative estimate of drug-likeness (QED) is 0.811. The number of piperazine rings is 1. The van der Waals surface area contributed by atoms with Crippen LogP contribution in [-0.4, -0.2) is 54.9 Å². The van der Waals surface area contributed by atoms with Crippen molar-refractivity contribution in [3.63, 3.8) is 0 Å². The molecule has 3 heterocycles. The number of rotatable bonds is 6. The molecule has 6 heteroatoms. The third-order valence-electron chi connectivity index (χ3n) is 4.79. The van der Waals surface area contributed by atoms with Crippen molar-refractivity contribution in [1.82, 2.24) is 29.7 Å². The van der Waals surface area contributed by atoms with Crippen molar-refractivity contribution in [2.75, 3.05) is 13.1 Å². The van der Waals surface area contributed by atoms with Gasteiger partial charge in [0.05, 0.1) is 13.1 Å². The van der Waals surface area contributed by atoms with Crippen LogP contribution in [0.1, 0.15) is 38.3 Å². The minimum Gasteiger partial charge on any atom is -0.290 e. The second-order valence-corrected chi connectivity index (χ2v) is 6.31. The lowest BCUT2D eigenvalue weighted by atomic mass is 10.0. The van der Waals surface area contributed by atoms with E-state index in [4.69, 9.17) is 0 Å². The van der Waals surface area contributed by atoms with Gasteiger partial charge in [0.25, 0.3) is 0 Å². The second kappa shape index (κ2) is 8.26. The molecule has 0 unspecified atom stereocenters. The number of nitrogens with zero attached hydrogens (tertiary/aromatic N) is 6. The van der Waals surface area contributed by atoms with Crippen molar-refractivity contribution in [3.8, 4) is 0 Å². The van der Waals surface area contributed by atoms with Crippen LogP contribution in [-0.2, 0) is 13.1 Å². The maximum Gasteiger partial charge on any atom is 0.142 e. The summed E-state index contributed by atoms with van der Waals surface area (Å²) in [7, 11) is 0. The summed E-state index contributed by atoms with van der Waals surface area (Å²) in [4.78, 5) is 22.6. The maximum atomic E-state index is 4.39. The summed E-state index contributed by atoms with van der Waals surface area (Å²) < 4.78 is 0. The summed E-state index contributed by atoms with van der Waals surface area (Å²) in [6.07, 6.45) is 9.53. The molecule has 6 nitrogen and oxygen atoms in total. The van der Waals surface area contributed by atoms with Gasteiger partial charge in [0, 0.05) is 50.0 Å². The normalized spacial score (nSPS) is 22.6. The molecule has 0 spiro atoms. The highest BCUT2D eigenvalue weighted by Crippen LogP contribution is 2.22. The highest BCUT2D eigenvalue weighted by molar-refractivity contribution is 4.96. The average Bonchev–Trinajstić information content (AvgIpc) is 2.64. The molecule has 1 aliphatic heterocycles. The molecule has 1 aliphatic rings. The van der Waals surface area contributed by atoms with E-state index >= 15 is 0 Å². The summed E-state index contributed by atoms with van der Waals surface area (Å²) in [5.41, 5.74) is 0. The second-order valence-electron chi connectivity index (χ2n) is 6.31. The van der Waals surface area contributed by atoms with Gasteiger partial charge in [0.2, 0.25) is 0 Å². The SMILES string of the molecule is CC[C@@H]1CN(Cc2ncccn2)[C@@H](CC)CN1Cc1ncccn1. The molecule has 24 heavy (non-hydrogen) atoms. The number of aromatic nitrogens is 4. The van der Waals surface area contributed by atoms with Crippen LogP contribution in [0.15, 0.2) is 36.9 Å². The van der Waals surface area contributed by atoms with Gasteiger partial charge in [-0.1, -0.05) is 13.8 Å². The lowest BCUT2D eigenvalue weighted by Gasteiger charge is -2.45. The summed E-state index contributed by atoms with van der Waals surface area (Å²) in [6, 6.07) is 4.77. The zero-order chi connectivity index (χ0) is 16.8. The maximum absolute atomic E-state index is 4.39. The predicted octanol–water partition coefficient (Wildman–Crippen LogP) is 2.14. The Hall–Kier alpha value is -1.92. The monoisotopic (exact) mass is 326 g/mol. The van der Waals surface area contributed by atoms with E-state index in [0.29, 0.717) is 12.1 Å². The van der Waals surface area contributed by atoms with E-state index in [-0.39, 0.29) is 0 Å². The van der Waals surface area contributed by atoms with Crippen LogP contribution in [0.2, 0.25) is 0 Å². The lowest BCUT2D eigenvalue weighted by Crippen LogP contribution is -2.57. The van der Waals surface area contributed by atoms with Crippen LogP contribution < -0.4 is 0 Å². The van der Waals surface area contributed by atoms with E-state index < -0.39 is 0 Å². The van der Waals surface area contributed by atoms with Crippen molar-refractivity contribution in [2.24, 2.45) is 0 Å². The van der Waals surface area contributed by atoms with Crippen LogP contribution >= 0.6 is 0 Å². The molecule has 2 aromatic heterocycles. The standard InChI is InChI=1S/C18H26N6/c1-3-15-11-24(14-18-21-9-6-10-22-18)16(4-2)12-23(15)13-17-19-7-5-8-20-17/h5-10,15-16H,3-4,11-14H2,1-2H3/t15-,16+. The fourth-order valence-electron chi connectivity index (χ4n) is 3.42. The molecule has 1 saturated heterocycles. The summed E-state index contributed by atoms with van der Waals surface area (Å²) >= 11 is 0. The minimum atomic E-state index is 0.514. The van der Waals surface area contributed by atoms with Crippen LogP contribution in [0, 0.1) is 0 Å². The van der Waals surface area contributed by atoms with E-state index in [9.17, 15) is 0 Å². The van der Waals surface area contributed by atoms with Gasteiger partial charge in [0.1, 0.15) is 11.6 Å². The van der Waals surface area contributed by atoms with Crippen molar-refractivity contribution in [3.05, 3.63) is 48.6 Å². The molecule has 2 aromatic rings. The van der Waals surface area contributed by atoms with Crippen molar-refractivity contribution in [2.45, 2.75) is 51.9 Å². The molecule has 0 amide bonds. The average molecular weight is 326 g/mol. The van der Waals surface area contributed by atoms with Gasteiger partial charge in [-0.15, -0.1) is 0 Å². The molecule has 0 aromatic carbocycles. The molecule has 128 valence electrons. The fraction of sp³-hybridized carbons (Fsp3) is 0.556. The Morgan fingerprint density at radius 1 is 0.750 bits per heavy atom. The lowest BCUT2D eigenvalue weighted by molar-refractivity contribution is 0.0123. The largest absolute Gasteiger partial charge is 0.290 e. The molecule has 0 N–H and O–H groups in total. The van der Waals surface area contributed by atoms with Gasteiger partial charge in [0.15, 0.2) is 0 Å². The van der Waals surface area contributed by atoms with E-state index in [2.05, 4.69) is 43.6 Å². The Morgan fingerprint density at radius 3 is 1.46 bits per heavy atom. The van der Waals surface area contributed by atoms with Crippen molar-refractivity contribution >= 4 is 0 Å². The molecule has 1 fully saturated rings. The zero-order valence-electron chi connectivity index (χ0n) is 14.5. The first-order chi connectivity index (χ1) is 11.8. The molecular formula is C18H26N6. The summed E-state index contributed by atoms with van der Waals surface area (Å²) in [5, 5.41) is 0. The Labute approximate surface area is 144 Å². The fourth-order valence-corrected chi connectivity index (χ4v) is 3.42. The predicted molar refractivity (Wildman–Crippen MR) is 93.0 cm³/mol. The summed E-state index contributed by atoms with van der Waals surface area (Å²) in [6.45, 7) is 8.25.